The van der Waals surface area contributed by atoms with Crippen LogP contribution in [0.3, 0.4) is 0 Å². The van der Waals surface area contributed by atoms with Gasteiger partial charge in [-0.05, 0) is 45.0 Å². The molecule has 0 aliphatic heterocycles. The molecular formula is C20H18ClN3O2. The van der Waals surface area contributed by atoms with Gasteiger partial charge in [0, 0.05) is 16.8 Å². The van der Waals surface area contributed by atoms with Crippen LogP contribution in [0.2, 0.25) is 5.02 Å². The number of carbonyl (C=O) groups excluding carboxylic acids is 1. The molecule has 3 rings (SSSR count). The van der Waals surface area contributed by atoms with E-state index in [0.29, 0.717) is 27.8 Å². The second-order valence-corrected chi connectivity index (χ2v) is 7.07. The number of pyridine rings is 1. The normalized spacial score (nSPS) is 11.2. The average molecular weight is 368 g/mol. The molecule has 6 heteroatoms. The van der Waals surface area contributed by atoms with E-state index in [-0.39, 0.29) is 5.69 Å². The minimum Gasteiger partial charge on any atom is -0.455 e. The maximum Gasteiger partial charge on any atom is 0.357 e. The first-order valence-corrected chi connectivity index (χ1v) is 8.50. The van der Waals surface area contributed by atoms with Crippen molar-refractivity contribution in [2.75, 3.05) is 0 Å². The van der Waals surface area contributed by atoms with Gasteiger partial charge in [-0.25, -0.2) is 14.8 Å². The molecule has 26 heavy (non-hydrogen) atoms. The van der Waals surface area contributed by atoms with Crippen molar-refractivity contribution in [1.82, 2.24) is 15.0 Å². The van der Waals surface area contributed by atoms with Crippen LogP contribution in [0.25, 0.3) is 22.8 Å². The van der Waals surface area contributed by atoms with Crippen LogP contribution >= 0.6 is 11.6 Å². The van der Waals surface area contributed by atoms with Gasteiger partial charge in [0.05, 0.1) is 5.69 Å². The Hall–Kier alpha value is -2.79. The van der Waals surface area contributed by atoms with Gasteiger partial charge < -0.3 is 4.74 Å². The number of esters is 1. The fraction of sp³-hybridized carbons (Fsp3) is 0.200. The third-order valence-electron chi connectivity index (χ3n) is 3.38. The van der Waals surface area contributed by atoms with Gasteiger partial charge in [-0.15, -0.1) is 0 Å². The standard InChI is InChI=1S/C20H18ClN3O2/c1-20(2,3)26-19(25)17-12-16(13-8-4-5-9-14(13)21)23-18(24-17)15-10-6-7-11-22-15/h4-12H,1-3H3. The zero-order valence-electron chi connectivity index (χ0n) is 14.7. The molecule has 0 N–H and O–H groups in total. The Balaban J connectivity index is 2.14. The topological polar surface area (TPSA) is 65.0 Å². The van der Waals surface area contributed by atoms with Gasteiger partial charge in [0.25, 0.3) is 0 Å². The average Bonchev–Trinajstić information content (AvgIpc) is 2.61. The van der Waals surface area contributed by atoms with Crippen LogP contribution in [0.15, 0.2) is 54.7 Å². The molecule has 0 radical (unpaired) electrons. The van der Waals surface area contributed by atoms with Crippen molar-refractivity contribution in [3.8, 4) is 22.8 Å². The molecule has 2 heterocycles. The Kier molecular flexibility index (Phi) is 5.00. The number of aromatic nitrogens is 3. The van der Waals surface area contributed by atoms with E-state index in [1.54, 1.807) is 51.2 Å². The van der Waals surface area contributed by atoms with Crippen molar-refractivity contribution >= 4 is 17.6 Å². The van der Waals surface area contributed by atoms with Crippen molar-refractivity contribution in [2.24, 2.45) is 0 Å². The lowest BCUT2D eigenvalue weighted by atomic mass is 10.1. The summed E-state index contributed by atoms with van der Waals surface area (Å²) in [6, 6.07) is 14.3. The second kappa shape index (κ2) is 7.22. The second-order valence-electron chi connectivity index (χ2n) is 6.66. The quantitative estimate of drug-likeness (QED) is 0.621. The van der Waals surface area contributed by atoms with Gasteiger partial charge in [-0.1, -0.05) is 35.9 Å². The summed E-state index contributed by atoms with van der Waals surface area (Å²) in [4.78, 5) is 25.7. The molecule has 1 aromatic carbocycles. The Labute approximate surface area is 157 Å². The fourth-order valence-corrected chi connectivity index (χ4v) is 2.53. The molecule has 0 unspecified atom stereocenters. The first-order chi connectivity index (χ1) is 12.3. The highest BCUT2D eigenvalue weighted by molar-refractivity contribution is 6.33. The summed E-state index contributed by atoms with van der Waals surface area (Å²) in [6.07, 6.45) is 1.65. The monoisotopic (exact) mass is 367 g/mol. The molecule has 0 saturated heterocycles. The summed E-state index contributed by atoms with van der Waals surface area (Å²) >= 11 is 6.30. The fourth-order valence-electron chi connectivity index (χ4n) is 2.30. The van der Waals surface area contributed by atoms with E-state index in [9.17, 15) is 4.79 Å². The maximum absolute atomic E-state index is 12.5. The van der Waals surface area contributed by atoms with E-state index >= 15 is 0 Å². The van der Waals surface area contributed by atoms with Crippen molar-refractivity contribution < 1.29 is 9.53 Å². The molecule has 0 amide bonds. The molecule has 0 fully saturated rings. The Morgan fingerprint density at radius 3 is 2.38 bits per heavy atom. The highest BCUT2D eigenvalue weighted by Gasteiger charge is 2.21. The number of nitrogens with zero attached hydrogens (tertiary/aromatic N) is 3. The van der Waals surface area contributed by atoms with Crippen molar-refractivity contribution in [3.05, 3.63) is 65.4 Å². The molecule has 132 valence electrons. The third kappa shape index (κ3) is 4.24. The Morgan fingerprint density at radius 1 is 1.00 bits per heavy atom. The molecule has 0 aliphatic rings. The number of carbonyl (C=O) groups is 1. The van der Waals surface area contributed by atoms with E-state index in [4.69, 9.17) is 16.3 Å². The highest BCUT2D eigenvalue weighted by atomic mass is 35.5. The van der Waals surface area contributed by atoms with Crippen molar-refractivity contribution in [3.63, 3.8) is 0 Å². The van der Waals surface area contributed by atoms with Crippen molar-refractivity contribution in [2.45, 2.75) is 26.4 Å². The molecule has 2 aromatic heterocycles. The van der Waals surface area contributed by atoms with E-state index in [2.05, 4.69) is 15.0 Å². The molecule has 5 nitrogen and oxygen atoms in total. The molecule has 0 spiro atoms. The Bertz CT molecular complexity index is 937. The molecule has 0 atom stereocenters. The predicted octanol–water partition coefficient (Wildman–Crippen LogP) is 4.81. The van der Waals surface area contributed by atoms with E-state index in [0.717, 1.165) is 0 Å². The lowest BCUT2D eigenvalue weighted by molar-refractivity contribution is 0.00628. The SMILES string of the molecule is CC(C)(C)OC(=O)c1cc(-c2ccccc2Cl)nc(-c2ccccn2)n1. The summed E-state index contributed by atoms with van der Waals surface area (Å²) in [7, 11) is 0. The van der Waals surface area contributed by atoms with Crippen LogP contribution in [0.5, 0.6) is 0 Å². The predicted molar refractivity (Wildman–Crippen MR) is 101 cm³/mol. The largest absolute Gasteiger partial charge is 0.455 e. The lowest BCUT2D eigenvalue weighted by Gasteiger charge is -2.19. The minimum atomic E-state index is -0.627. The molecule has 0 saturated carbocycles. The summed E-state index contributed by atoms with van der Waals surface area (Å²) in [5, 5.41) is 0.535. The summed E-state index contributed by atoms with van der Waals surface area (Å²) < 4.78 is 5.45. The van der Waals surface area contributed by atoms with E-state index in [1.807, 2.05) is 24.3 Å². The van der Waals surface area contributed by atoms with E-state index < -0.39 is 11.6 Å². The van der Waals surface area contributed by atoms with Crippen LogP contribution in [0.1, 0.15) is 31.3 Å². The number of hydrogen-bond acceptors (Lipinski definition) is 5. The maximum atomic E-state index is 12.5. The molecule has 0 aliphatic carbocycles. The minimum absolute atomic E-state index is 0.158. The van der Waals surface area contributed by atoms with Crippen LogP contribution in [0.4, 0.5) is 0 Å². The third-order valence-corrected chi connectivity index (χ3v) is 3.71. The lowest BCUT2D eigenvalue weighted by Crippen LogP contribution is -2.24. The molecular weight excluding hydrogens is 350 g/mol. The van der Waals surface area contributed by atoms with E-state index in [1.165, 1.54) is 0 Å². The Morgan fingerprint density at radius 2 is 1.73 bits per heavy atom. The van der Waals surface area contributed by atoms with Gasteiger partial charge in [-0.2, -0.15) is 0 Å². The summed E-state index contributed by atoms with van der Waals surface area (Å²) in [5.41, 5.74) is 1.33. The van der Waals surface area contributed by atoms with Crippen LogP contribution in [-0.2, 0) is 4.74 Å². The number of benzene rings is 1. The van der Waals surface area contributed by atoms with Gasteiger partial charge in [0.2, 0.25) is 0 Å². The highest BCUT2D eigenvalue weighted by Crippen LogP contribution is 2.28. The smallest absolute Gasteiger partial charge is 0.357 e. The zero-order valence-corrected chi connectivity index (χ0v) is 15.5. The van der Waals surface area contributed by atoms with Gasteiger partial charge >= 0.3 is 5.97 Å². The number of halogens is 1. The van der Waals surface area contributed by atoms with Gasteiger partial charge in [0.1, 0.15) is 11.3 Å². The summed E-state index contributed by atoms with van der Waals surface area (Å²) in [5.74, 6) is -0.186. The molecule has 3 aromatic rings. The van der Waals surface area contributed by atoms with Gasteiger partial charge in [0.15, 0.2) is 11.5 Å². The molecule has 0 bridgehead atoms. The zero-order chi connectivity index (χ0) is 18.7. The summed E-state index contributed by atoms with van der Waals surface area (Å²) in [6.45, 7) is 5.42. The first kappa shape index (κ1) is 18.0. The van der Waals surface area contributed by atoms with Gasteiger partial charge in [-0.3, -0.25) is 4.98 Å². The van der Waals surface area contributed by atoms with Crippen LogP contribution in [-0.4, -0.2) is 26.5 Å². The number of rotatable bonds is 3. The van der Waals surface area contributed by atoms with Crippen LogP contribution < -0.4 is 0 Å². The van der Waals surface area contributed by atoms with Crippen LogP contribution in [0, 0.1) is 0 Å². The first-order valence-electron chi connectivity index (χ1n) is 8.12. The number of ether oxygens (including phenoxy) is 1. The van der Waals surface area contributed by atoms with Crippen molar-refractivity contribution in [1.29, 1.82) is 0 Å². The number of hydrogen-bond donors (Lipinski definition) is 0.